The van der Waals surface area contributed by atoms with E-state index in [4.69, 9.17) is 4.74 Å². The number of sulfonamides is 1. The standard InChI is InChI=1S/C13H18N2O4S/c1-13(2,3)14-20(17,18)9-5-6-11-10(7-9)15(4)12(16)8-19-11/h5-7,14H,8H2,1-4H3. The smallest absolute Gasteiger partial charge is 0.264 e. The lowest BCUT2D eigenvalue weighted by Gasteiger charge is -2.27. The molecule has 0 aromatic heterocycles. The first-order valence-corrected chi connectivity index (χ1v) is 7.66. The maximum Gasteiger partial charge on any atom is 0.264 e. The largest absolute Gasteiger partial charge is 0.482 e. The summed E-state index contributed by atoms with van der Waals surface area (Å²) in [6.07, 6.45) is 0. The van der Waals surface area contributed by atoms with Crippen molar-refractivity contribution >= 4 is 21.6 Å². The average Bonchev–Trinajstić information content (AvgIpc) is 2.30. The van der Waals surface area contributed by atoms with Crippen molar-refractivity contribution in [3.63, 3.8) is 0 Å². The monoisotopic (exact) mass is 298 g/mol. The van der Waals surface area contributed by atoms with E-state index < -0.39 is 15.6 Å². The molecule has 0 unspecified atom stereocenters. The van der Waals surface area contributed by atoms with Gasteiger partial charge in [-0.15, -0.1) is 0 Å². The molecular formula is C13H18N2O4S. The first-order valence-electron chi connectivity index (χ1n) is 6.17. The summed E-state index contributed by atoms with van der Waals surface area (Å²) in [7, 11) is -2.04. The number of benzene rings is 1. The van der Waals surface area contributed by atoms with Gasteiger partial charge in [0.25, 0.3) is 5.91 Å². The molecule has 0 bridgehead atoms. The molecule has 20 heavy (non-hydrogen) atoms. The number of nitrogens with zero attached hydrogens (tertiary/aromatic N) is 1. The Balaban J connectivity index is 2.43. The lowest BCUT2D eigenvalue weighted by molar-refractivity contribution is -0.120. The molecule has 0 spiro atoms. The van der Waals surface area contributed by atoms with Crippen LogP contribution < -0.4 is 14.4 Å². The fourth-order valence-corrected chi connectivity index (χ4v) is 3.32. The molecule has 1 N–H and O–H groups in total. The molecule has 0 atom stereocenters. The number of carbonyl (C=O) groups is 1. The Morgan fingerprint density at radius 1 is 1.30 bits per heavy atom. The van der Waals surface area contributed by atoms with Gasteiger partial charge in [-0.1, -0.05) is 0 Å². The van der Waals surface area contributed by atoms with Gasteiger partial charge in [0.1, 0.15) is 5.75 Å². The number of anilines is 1. The van der Waals surface area contributed by atoms with Gasteiger partial charge in [-0.05, 0) is 39.0 Å². The second-order valence-electron chi connectivity index (χ2n) is 5.73. The summed E-state index contributed by atoms with van der Waals surface area (Å²) >= 11 is 0. The van der Waals surface area contributed by atoms with Crippen molar-refractivity contribution in [3.8, 4) is 5.75 Å². The van der Waals surface area contributed by atoms with Crippen LogP contribution in [0, 0.1) is 0 Å². The number of hydrogen-bond acceptors (Lipinski definition) is 4. The first-order chi connectivity index (χ1) is 9.10. The minimum atomic E-state index is -3.64. The zero-order chi connectivity index (χ0) is 15.1. The molecule has 1 heterocycles. The van der Waals surface area contributed by atoms with Gasteiger partial charge in [0, 0.05) is 12.6 Å². The number of fused-ring (bicyclic) bond motifs is 1. The van der Waals surface area contributed by atoms with Gasteiger partial charge in [-0.3, -0.25) is 4.79 Å². The molecule has 0 aliphatic carbocycles. The second kappa shape index (κ2) is 4.75. The zero-order valence-corrected chi connectivity index (χ0v) is 12.7. The summed E-state index contributed by atoms with van der Waals surface area (Å²) in [5.74, 6) is 0.289. The summed E-state index contributed by atoms with van der Waals surface area (Å²) in [5, 5.41) is 0. The Morgan fingerprint density at radius 3 is 2.55 bits per heavy atom. The number of ether oxygens (including phenoxy) is 1. The number of nitrogens with one attached hydrogen (secondary N) is 1. The maximum atomic E-state index is 12.3. The topological polar surface area (TPSA) is 75.7 Å². The zero-order valence-electron chi connectivity index (χ0n) is 11.9. The predicted octanol–water partition coefficient (Wildman–Crippen LogP) is 1.12. The molecule has 0 saturated heterocycles. The summed E-state index contributed by atoms with van der Waals surface area (Å²) < 4.78 is 32.4. The number of rotatable bonds is 2. The van der Waals surface area contributed by atoms with Crippen molar-refractivity contribution in [2.45, 2.75) is 31.2 Å². The normalized spacial score (nSPS) is 15.8. The van der Waals surface area contributed by atoms with Crippen LogP contribution in [0.1, 0.15) is 20.8 Å². The van der Waals surface area contributed by atoms with Crippen LogP contribution in [-0.4, -0.2) is 33.5 Å². The average molecular weight is 298 g/mol. The van der Waals surface area contributed by atoms with Crippen molar-refractivity contribution in [2.24, 2.45) is 0 Å². The van der Waals surface area contributed by atoms with E-state index in [1.54, 1.807) is 33.9 Å². The lowest BCUT2D eigenvalue weighted by atomic mass is 10.1. The van der Waals surface area contributed by atoms with Crippen LogP contribution in [0.2, 0.25) is 0 Å². The van der Waals surface area contributed by atoms with Gasteiger partial charge in [0.2, 0.25) is 10.0 Å². The van der Waals surface area contributed by atoms with Crippen LogP contribution in [-0.2, 0) is 14.8 Å². The molecule has 1 aromatic rings. The molecule has 0 radical (unpaired) electrons. The molecular weight excluding hydrogens is 280 g/mol. The quantitative estimate of drug-likeness (QED) is 0.887. The van der Waals surface area contributed by atoms with E-state index in [-0.39, 0.29) is 17.4 Å². The van der Waals surface area contributed by atoms with E-state index in [1.165, 1.54) is 17.0 Å². The Kier molecular flexibility index (Phi) is 3.51. The highest BCUT2D eigenvalue weighted by Crippen LogP contribution is 2.33. The molecule has 6 nitrogen and oxygen atoms in total. The number of amides is 1. The van der Waals surface area contributed by atoms with Gasteiger partial charge in [-0.25, -0.2) is 13.1 Å². The van der Waals surface area contributed by atoms with Gasteiger partial charge < -0.3 is 9.64 Å². The van der Waals surface area contributed by atoms with Crippen molar-refractivity contribution in [1.82, 2.24) is 4.72 Å². The van der Waals surface area contributed by atoms with Crippen molar-refractivity contribution < 1.29 is 17.9 Å². The lowest BCUT2D eigenvalue weighted by Crippen LogP contribution is -2.40. The third-order valence-corrected chi connectivity index (χ3v) is 4.52. The number of likely N-dealkylation sites (N-methyl/N-ethyl adjacent to an activating group) is 1. The van der Waals surface area contributed by atoms with E-state index in [0.29, 0.717) is 11.4 Å². The molecule has 0 saturated carbocycles. The summed E-state index contributed by atoms with van der Waals surface area (Å²) in [6.45, 7) is 5.26. The molecule has 2 rings (SSSR count). The van der Waals surface area contributed by atoms with Gasteiger partial charge in [0.15, 0.2) is 6.61 Å². The summed E-state index contributed by atoms with van der Waals surface area (Å²) in [6, 6.07) is 4.48. The van der Waals surface area contributed by atoms with Crippen molar-refractivity contribution in [2.75, 3.05) is 18.6 Å². The summed E-state index contributed by atoms with van der Waals surface area (Å²) in [5.41, 5.74) is -0.120. The number of hydrogen-bond donors (Lipinski definition) is 1. The molecule has 7 heteroatoms. The fourth-order valence-electron chi connectivity index (χ4n) is 1.88. The molecule has 1 aliphatic heterocycles. The highest BCUT2D eigenvalue weighted by atomic mass is 32.2. The SMILES string of the molecule is CN1C(=O)COc2ccc(S(=O)(=O)NC(C)(C)C)cc21. The highest BCUT2D eigenvalue weighted by molar-refractivity contribution is 7.89. The van der Waals surface area contributed by atoms with Crippen LogP contribution in [0.25, 0.3) is 0 Å². The van der Waals surface area contributed by atoms with Gasteiger partial charge >= 0.3 is 0 Å². The third kappa shape index (κ3) is 2.94. The van der Waals surface area contributed by atoms with Crippen LogP contribution in [0.3, 0.4) is 0 Å². The third-order valence-electron chi connectivity index (χ3n) is 2.77. The Labute approximate surface area is 118 Å². The van der Waals surface area contributed by atoms with E-state index >= 15 is 0 Å². The van der Waals surface area contributed by atoms with Crippen molar-refractivity contribution in [1.29, 1.82) is 0 Å². The Bertz CT molecular complexity index is 647. The number of carbonyl (C=O) groups excluding carboxylic acids is 1. The fraction of sp³-hybridized carbons (Fsp3) is 0.462. The van der Waals surface area contributed by atoms with E-state index in [1.807, 2.05) is 0 Å². The molecule has 110 valence electrons. The second-order valence-corrected chi connectivity index (χ2v) is 7.41. The molecule has 1 amide bonds. The molecule has 0 fully saturated rings. The van der Waals surface area contributed by atoms with Gasteiger partial charge in [-0.2, -0.15) is 0 Å². The van der Waals surface area contributed by atoms with Crippen LogP contribution >= 0.6 is 0 Å². The van der Waals surface area contributed by atoms with E-state index in [2.05, 4.69) is 4.72 Å². The van der Waals surface area contributed by atoms with E-state index in [0.717, 1.165) is 0 Å². The van der Waals surface area contributed by atoms with Crippen LogP contribution in [0.15, 0.2) is 23.1 Å². The summed E-state index contributed by atoms with van der Waals surface area (Å²) in [4.78, 5) is 13.1. The Morgan fingerprint density at radius 2 is 1.95 bits per heavy atom. The molecule has 1 aromatic carbocycles. The van der Waals surface area contributed by atoms with Crippen LogP contribution in [0.4, 0.5) is 5.69 Å². The first kappa shape index (κ1) is 14.8. The van der Waals surface area contributed by atoms with Crippen molar-refractivity contribution in [3.05, 3.63) is 18.2 Å². The van der Waals surface area contributed by atoms with Gasteiger partial charge in [0.05, 0.1) is 10.6 Å². The highest BCUT2D eigenvalue weighted by Gasteiger charge is 2.27. The predicted molar refractivity (Wildman–Crippen MR) is 75.4 cm³/mol. The minimum Gasteiger partial charge on any atom is -0.482 e. The Hall–Kier alpha value is -1.60. The van der Waals surface area contributed by atoms with E-state index in [9.17, 15) is 13.2 Å². The van der Waals surface area contributed by atoms with Crippen LogP contribution in [0.5, 0.6) is 5.75 Å². The minimum absolute atomic E-state index is 0.0319. The molecule has 1 aliphatic rings. The maximum absolute atomic E-state index is 12.3.